The number of thioether (sulfide) groups is 1. The minimum absolute atomic E-state index is 0.0128. The van der Waals surface area contributed by atoms with E-state index < -0.39 is 24.5 Å². The van der Waals surface area contributed by atoms with E-state index in [1.807, 2.05) is 0 Å². The van der Waals surface area contributed by atoms with Gasteiger partial charge in [-0.2, -0.15) is 0 Å². The standard InChI is InChI=1S/C18H24N2O6S/c1-11(2)19-18(24)20-16(22)8-26-17(23)10-27-9-14-7-13(12(3)21)5-6-15(14)25-4/h5-7,11H,8-10H2,1-4H3,(H2,19,20,22,24). The van der Waals surface area contributed by atoms with Crippen molar-refractivity contribution in [1.82, 2.24) is 10.6 Å². The third kappa shape index (κ3) is 8.59. The van der Waals surface area contributed by atoms with E-state index in [4.69, 9.17) is 9.47 Å². The fourth-order valence-corrected chi connectivity index (χ4v) is 2.80. The summed E-state index contributed by atoms with van der Waals surface area (Å²) in [4.78, 5) is 46.1. The van der Waals surface area contributed by atoms with Crippen LogP contribution in [-0.2, 0) is 20.1 Å². The Balaban J connectivity index is 2.41. The number of rotatable bonds is 9. The molecule has 0 bridgehead atoms. The minimum atomic E-state index is -0.706. The van der Waals surface area contributed by atoms with Crippen LogP contribution < -0.4 is 15.4 Å². The number of urea groups is 1. The van der Waals surface area contributed by atoms with E-state index in [0.29, 0.717) is 17.1 Å². The number of ketones is 1. The van der Waals surface area contributed by atoms with Crippen LogP contribution in [0.5, 0.6) is 5.75 Å². The molecule has 0 unspecified atom stereocenters. The zero-order valence-electron chi connectivity index (χ0n) is 15.8. The number of Topliss-reactive ketones (excluding diaryl/α,β-unsaturated/α-hetero) is 1. The van der Waals surface area contributed by atoms with Gasteiger partial charge < -0.3 is 14.8 Å². The number of ether oxygens (including phenoxy) is 2. The fraction of sp³-hybridized carbons (Fsp3) is 0.444. The van der Waals surface area contributed by atoms with E-state index in [0.717, 1.165) is 5.56 Å². The van der Waals surface area contributed by atoms with Gasteiger partial charge in [-0.05, 0) is 39.0 Å². The predicted octanol–water partition coefficient (Wildman–Crippen LogP) is 1.91. The number of amides is 3. The molecule has 0 aliphatic heterocycles. The van der Waals surface area contributed by atoms with E-state index in [9.17, 15) is 19.2 Å². The summed E-state index contributed by atoms with van der Waals surface area (Å²) >= 11 is 1.26. The number of carbonyl (C=O) groups is 4. The molecule has 0 heterocycles. The van der Waals surface area contributed by atoms with Gasteiger partial charge in [-0.15, -0.1) is 11.8 Å². The number of methoxy groups -OCH3 is 1. The highest BCUT2D eigenvalue weighted by atomic mass is 32.2. The quantitative estimate of drug-likeness (QED) is 0.484. The number of imide groups is 1. The largest absolute Gasteiger partial charge is 0.496 e. The first-order chi connectivity index (χ1) is 12.7. The summed E-state index contributed by atoms with van der Waals surface area (Å²) in [5.41, 5.74) is 1.34. The average molecular weight is 396 g/mol. The van der Waals surface area contributed by atoms with Gasteiger partial charge >= 0.3 is 12.0 Å². The fourth-order valence-electron chi connectivity index (χ4n) is 2.00. The molecule has 27 heavy (non-hydrogen) atoms. The molecule has 148 valence electrons. The number of nitrogens with one attached hydrogen (secondary N) is 2. The maximum Gasteiger partial charge on any atom is 0.321 e. The summed E-state index contributed by atoms with van der Waals surface area (Å²) in [6, 6.07) is 4.35. The highest BCUT2D eigenvalue weighted by molar-refractivity contribution is 7.99. The molecule has 0 aromatic heterocycles. The molecule has 3 amide bonds. The van der Waals surface area contributed by atoms with Crippen LogP contribution in [0.3, 0.4) is 0 Å². The second kappa shape index (κ2) is 11.2. The van der Waals surface area contributed by atoms with Gasteiger partial charge in [0.2, 0.25) is 0 Å². The van der Waals surface area contributed by atoms with Crippen molar-refractivity contribution >= 4 is 35.5 Å². The second-order valence-corrected chi connectivity index (χ2v) is 6.90. The van der Waals surface area contributed by atoms with Crippen molar-refractivity contribution in [3.05, 3.63) is 29.3 Å². The summed E-state index contributed by atoms with van der Waals surface area (Å²) in [6.45, 7) is 4.45. The van der Waals surface area contributed by atoms with Gasteiger partial charge in [0.25, 0.3) is 5.91 Å². The van der Waals surface area contributed by atoms with E-state index in [1.54, 1.807) is 32.0 Å². The Labute approximate surface area is 162 Å². The molecule has 0 radical (unpaired) electrons. The van der Waals surface area contributed by atoms with Crippen LogP contribution >= 0.6 is 11.8 Å². The van der Waals surface area contributed by atoms with Crippen LogP contribution in [-0.4, -0.2) is 49.2 Å². The molecule has 2 N–H and O–H groups in total. The number of carbonyl (C=O) groups excluding carboxylic acids is 4. The summed E-state index contributed by atoms with van der Waals surface area (Å²) in [5.74, 6) is -0.280. The van der Waals surface area contributed by atoms with Gasteiger partial charge in [-0.1, -0.05) is 0 Å². The summed E-state index contributed by atoms with van der Waals surface area (Å²) < 4.78 is 10.1. The number of benzene rings is 1. The Morgan fingerprint density at radius 1 is 1.19 bits per heavy atom. The first-order valence-corrected chi connectivity index (χ1v) is 9.40. The molecule has 0 spiro atoms. The van der Waals surface area contributed by atoms with Crippen molar-refractivity contribution in [2.24, 2.45) is 0 Å². The highest BCUT2D eigenvalue weighted by Gasteiger charge is 2.13. The Hall–Kier alpha value is -2.55. The van der Waals surface area contributed by atoms with Crippen molar-refractivity contribution in [2.45, 2.75) is 32.6 Å². The highest BCUT2D eigenvalue weighted by Crippen LogP contribution is 2.24. The van der Waals surface area contributed by atoms with Crippen molar-refractivity contribution < 1.29 is 28.7 Å². The topological polar surface area (TPSA) is 111 Å². The predicted molar refractivity (Wildman–Crippen MR) is 102 cm³/mol. The Morgan fingerprint density at radius 2 is 1.89 bits per heavy atom. The van der Waals surface area contributed by atoms with E-state index >= 15 is 0 Å². The maximum absolute atomic E-state index is 11.7. The van der Waals surface area contributed by atoms with Crippen molar-refractivity contribution in [3.8, 4) is 5.75 Å². The molecule has 8 nitrogen and oxygen atoms in total. The van der Waals surface area contributed by atoms with Crippen LogP contribution in [0.1, 0.15) is 36.7 Å². The number of hydrogen-bond acceptors (Lipinski definition) is 7. The monoisotopic (exact) mass is 396 g/mol. The lowest BCUT2D eigenvalue weighted by molar-refractivity contribution is -0.145. The SMILES string of the molecule is COc1ccc(C(C)=O)cc1CSCC(=O)OCC(=O)NC(=O)NC(C)C. The summed E-state index contributed by atoms with van der Waals surface area (Å²) in [5, 5.41) is 4.54. The zero-order chi connectivity index (χ0) is 20.4. The maximum atomic E-state index is 11.7. The molecular formula is C18H24N2O6S. The lowest BCUT2D eigenvalue weighted by Crippen LogP contribution is -2.44. The molecule has 1 aromatic rings. The van der Waals surface area contributed by atoms with Gasteiger partial charge in [-0.3, -0.25) is 19.7 Å². The first-order valence-electron chi connectivity index (χ1n) is 8.24. The third-order valence-corrected chi connectivity index (χ3v) is 4.16. The molecule has 0 saturated heterocycles. The number of hydrogen-bond donors (Lipinski definition) is 2. The Morgan fingerprint density at radius 3 is 2.48 bits per heavy atom. The lowest BCUT2D eigenvalue weighted by atomic mass is 10.1. The van der Waals surface area contributed by atoms with Crippen molar-refractivity contribution in [1.29, 1.82) is 0 Å². The van der Waals surface area contributed by atoms with Gasteiger partial charge in [0.05, 0.1) is 12.9 Å². The molecule has 9 heteroatoms. The Bertz CT molecular complexity index is 705. The van der Waals surface area contributed by atoms with E-state index in [-0.39, 0.29) is 17.6 Å². The molecule has 0 fully saturated rings. The van der Waals surface area contributed by atoms with Crippen LogP contribution in [0.15, 0.2) is 18.2 Å². The van der Waals surface area contributed by atoms with Crippen LogP contribution in [0.2, 0.25) is 0 Å². The Kier molecular flexibility index (Phi) is 9.35. The first kappa shape index (κ1) is 22.5. The molecule has 0 atom stereocenters. The average Bonchev–Trinajstić information content (AvgIpc) is 2.59. The number of esters is 1. The van der Waals surface area contributed by atoms with E-state index in [2.05, 4.69) is 10.6 Å². The van der Waals surface area contributed by atoms with Crippen molar-refractivity contribution in [2.75, 3.05) is 19.5 Å². The van der Waals surface area contributed by atoms with Gasteiger partial charge in [0.15, 0.2) is 12.4 Å². The van der Waals surface area contributed by atoms with E-state index in [1.165, 1.54) is 25.8 Å². The third-order valence-electron chi connectivity index (χ3n) is 3.20. The van der Waals surface area contributed by atoms with Gasteiger partial charge in [-0.25, -0.2) is 4.79 Å². The lowest BCUT2D eigenvalue weighted by Gasteiger charge is -2.10. The molecule has 0 saturated carbocycles. The minimum Gasteiger partial charge on any atom is -0.496 e. The molecule has 1 aromatic carbocycles. The van der Waals surface area contributed by atoms with Crippen molar-refractivity contribution in [3.63, 3.8) is 0 Å². The summed E-state index contributed by atoms with van der Waals surface area (Å²) in [7, 11) is 1.53. The molecule has 0 aliphatic carbocycles. The summed E-state index contributed by atoms with van der Waals surface area (Å²) in [6.07, 6.45) is 0. The second-order valence-electron chi connectivity index (χ2n) is 5.91. The zero-order valence-corrected chi connectivity index (χ0v) is 16.6. The molecule has 0 aliphatic rings. The van der Waals surface area contributed by atoms with Crippen LogP contribution in [0, 0.1) is 0 Å². The van der Waals surface area contributed by atoms with Gasteiger partial charge in [0.1, 0.15) is 5.75 Å². The van der Waals surface area contributed by atoms with Crippen LogP contribution in [0.4, 0.5) is 4.79 Å². The molecule has 1 rings (SSSR count). The van der Waals surface area contributed by atoms with Gasteiger partial charge in [0, 0.05) is 22.9 Å². The van der Waals surface area contributed by atoms with Crippen LogP contribution in [0.25, 0.3) is 0 Å². The normalized spacial score (nSPS) is 10.3. The molecular weight excluding hydrogens is 372 g/mol. The smallest absolute Gasteiger partial charge is 0.321 e.